The summed E-state index contributed by atoms with van der Waals surface area (Å²) >= 11 is 3.43. The van der Waals surface area contributed by atoms with Crippen LogP contribution in [0.15, 0.2) is 28.7 Å². The Kier molecular flexibility index (Phi) is 8.07. The highest BCUT2D eigenvalue weighted by Gasteiger charge is 2.50. The van der Waals surface area contributed by atoms with Crippen LogP contribution in [-0.4, -0.2) is 55.0 Å². The van der Waals surface area contributed by atoms with Crippen molar-refractivity contribution in [3.05, 3.63) is 34.3 Å². The van der Waals surface area contributed by atoms with Gasteiger partial charge in [0.15, 0.2) is 14.0 Å². The van der Waals surface area contributed by atoms with Gasteiger partial charge in [-0.1, -0.05) is 48.8 Å². The van der Waals surface area contributed by atoms with E-state index in [1.54, 1.807) is 0 Å². The van der Waals surface area contributed by atoms with Gasteiger partial charge in [0.1, 0.15) is 5.60 Å². The zero-order valence-electron chi connectivity index (χ0n) is 20.1. The van der Waals surface area contributed by atoms with Gasteiger partial charge in [0.2, 0.25) is 0 Å². The van der Waals surface area contributed by atoms with E-state index < -0.39 is 25.7 Å². The Bertz CT molecular complexity index is 757. The summed E-state index contributed by atoms with van der Waals surface area (Å²) in [4.78, 5) is 14.3. The second-order valence-electron chi connectivity index (χ2n) is 10.9. The van der Waals surface area contributed by atoms with Crippen molar-refractivity contribution in [2.75, 3.05) is 13.2 Å². The molecule has 6 nitrogen and oxygen atoms in total. The van der Waals surface area contributed by atoms with E-state index in [-0.39, 0.29) is 30.7 Å². The number of nitrogens with zero attached hydrogens (tertiary/aromatic N) is 1. The lowest BCUT2D eigenvalue weighted by molar-refractivity contribution is -0.110. The van der Waals surface area contributed by atoms with E-state index in [1.165, 1.54) is 4.90 Å². The summed E-state index contributed by atoms with van der Waals surface area (Å²) in [7, 11) is -2.11. The number of ether oxygens (including phenoxy) is 2. The Labute approximate surface area is 196 Å². The number of likely N-dealkylation sites (tertiary alicyclic amines) is 1. The Morgan fingerprint density at radius 3 is 2.29 bits per heavy atom. The first-order valence-corrected chi connectivity index (χ1v) is 14.5. The lowest BCUT2D eigenvalue weighted by atomic mass is 10.1. The number of halogens is 1. The Morgan fingerprint density at radius 2 is 1.77 bits per heavy atom. The van der Waals surface area contributed by atoms with Crippen LogP contribution in [0.1, 0.15) is 53.5 Å². The molecule has 2 atom stereocenters. The Hall–Kier alpha value is -0.933. The smallest absolute Gasteiger partial charge is 0.412 e. The monoisotopic (exact) mass is 515 g/mol. The molecule has 0 aliphatic carbocycles. The third kappa shape index (κ3) is 7.28. The van der Waals surface area contributed by atoms with Gasteiger partial charge in [0.25, 0.3) is 0 Å². The summed E-state index contributed by atoms with van der Waals surface area (Å²) in [6.45, 7) is 16.8. The van der Waals surface area contributed by atoms with Gasteiger partial charge in [-0.3, -0.25) is 4.90 Å². The van der Waals surface area contributed by atoms with Gasteiger partial charge in [-0.15, -0.1) is 0 Å². The fourth-order valence-corrected chi connectivity index (χ4v) is 4.32. The Morgan fingerprint density at radius 1 is 1.19 bits per heavy atom. The fourth-order valence-electron chi connectivity index (χ4n) is 3.03. The molecule has 1 aromatic rings. The number of rotatable bonds is 6. The van der Waals surface area contributed by atoms with E-state index in [2.05, 4.69) is 49.8 Å². The van der Waals surface area contributed by atoms with Gasteiger partial charge in [-0.25, -0.2) is 4.79 Å². The molecule has 1 aliphatic rings. The average molecular weight is 517 g/mol. The molecule has 0 bridgehead atoms. The van der Waals surface area contributed by atoms with Crippen molar-refractivity contribution in [3.63, 3.8) is 0 Å². The molecule has 1 aromatic carbocycles. The molecule has 2 rings (SSSR count). The number of carbonyl (C=O) groups excluding carboxylic acids is 1. The molecule has 1 fully saturated rings. The second-order valence-corrected chi connectivity index (χ2v) is 16.6. The van der Waals surface area contributed by atoms with E-state index >= 15 is 0 Å². The summed E-state index contributed by atoms with van der Waals surface area (Å²) in [5.74, 6) is 0. The topological polar surface area (TPSA) is 68.2 Å². The van der Waals surface area contributed by atoms with Crippen molar-refractivity contribution in [2.24, 2.45) is 0 Å². The van der Waals surface area contributed by atoms with Crippen LogP contribution in [-0.2, 0) is 20.5 Å². The minimum absolute atomic E-state index is 0.00377. The molecule has 0 aromatic heterocycles. The van der Waals surface area contributed by atoms with E-state index in [0.717, 1.165) is 10.0 Å². The molecule has 0 radical (unpaired) electrons. The van der Waals surface area contributed by atoms with Crippen LogP contribution in [0, 0.1) is 0 Å². The number of aliphatic hydroxyl groups is 1. The molecule has 1 aliphatic heterocycles. The third-order valence-electron chi connectivity index (χ3n) is 5.93. The number of amides is 1. The summed E-state index contributed by atoms with van der Waals surface area (Å²) in [5, 5.41) is 11.5. The fraction of sp³-hybridized carbons (Fsp3) is 0.696. The number of hydrogen-bond acceptors (Lipinski definition) is 5. The van der Waals surface area contributed by atoms with Crippen LogP contribution in [0.4, 0.5) is 4.79 Å². The highest BCUT2D eigenvalue weighted by Crippen LogP contribution is 2.39. The van der Waals surface area contributed by atoms with E-state index in [4.69, 9.17) is 13.9 Å². The molecule has 1 N–H and O–H groups in total. The van der Waals surface area contributed by atoms with Crippen molar-refractivity contribution in [3.8, 4) is 0 Å². The van der Waals surface area contributed by atoms with Crippen molar-refractivity contribution in [1.82, 2.24) is 4.90 Å². The maximum Gasteiger partial charge on any atom is 0.412 e. The van der Waals surface area contributed by atoms with Gasteiger partial charge in [-0.2, -0.15) is 0 Å². The molecular weight excluding hydrogens is 478 g/mol. The van der Waals surface area contributed by atoms with Crippen LogP contribution in [0.2, 0.25) is 18.1 Å². The maximum absolute atomic E-state index is 12.9. The standard InChI is InChI=1S/C23H38BrNO5Si/c1-21(2,3)30-20(26)25-14-19(28-15-17-9-11-18(24)12-10-17)13-23(25,27)16-29-31(7,8)22(4,5)6/h9-12,19,27H,13-16H2,1-8H3/t19-,23+/m1/s1. The lowest BCUT2D eigenvalue weighted by Crippen LogP contribution is -2.54. The summed E-state index contributed by atoms with van der Waals surface area (Å²) in [6.07, 6.45) is -0.593. The first kappa shape index (κ1) is 26.3. The van der Waals surface area contributed by atoms with Crippen LogP contribution in [0.25, 0.3) is 0 Å². The first-order chi connectivity index (χ1) is 14.0. The van der Waals surface area contributed by atoms with Crippen molar-refractivity contribution >= 4 is 30.3 Å². The average Bonchev–Trinajstić information content (AvgIpc) is 2.95. The largest absolute Gasteiger partial charge is 0.444 e. The van der Waals surface area contributed by atoms with E-state index in [9.17, 15) is 9.90 Å². The summed E-state index contributed by atoms with van der Waals surface area (Å²) in [6, 6.07) is 7.89. The van der Waals surface area contributed by atoms with Crippen LogP contribution in [0.3, 0.4) is 0 Å². The lowest BCUT2D eigenvalue weighted by Gasteiger charge is -2.40. The van der Waals surface area contributed by atoms with Crippen LogP contribution >= 0.6 is 15.9 Å². The SMILES string of the molecule is CC(C)(C)OC(=O)N1C[C@H](OCc2ccc(Br)cc2)C[C@]1(O)CO[Si](C)(C)C(C)(C)C. The predicted octanol–water partition coefficient (Wildman–Crippen LogP) is 5.69. The Balaban J connectivity index is 2.14. The summed E-state index contributed by atoms with van der Waals surface area (Å²) < 4.78 is 18.9. The molecular formula is C23H38BrNO5Si. The quantitative estimate of drug-likeness (QED) is 0.493. The molecule has 176 valence electrons. The normalized spacial score (nSPS) is 22.6. The molecule has 31 heavy (non-hydrogen) atoms. The van der Waals surface area contributed by atoms with Gasteiger partial charge in [-0.05, 0) is 56.6 Å². The minimum Gasteiger partial charge on any atom is -0.444 e. The van der Waals surface area contributed by atoms with Crippen LogP contribution < -0.4 is 0 Å². The molecule has 8 heteroatoms. The molecule has 1 heterocycles. The molecule has 0 saturated carbocycles. The van der Waals surface area contributed by atoms with Crippen LogP contribution in [0.5, 0.6) is 0 Å². The molecule has 1 saturated heterocycles. The minimum atomic E-state index is -2.11. The number of benzene rings is 1. The van der Waals surface area contributed by atoms with Crippen molar-refractivity contribution in [2.45, 2.75) is 90.1 Å². The highest BCUT2D eigenvalue weighted by atomic mass is 79.9. The first-order valence-electron chi connectivity index (χ1n) is 10.8. The van der Waals surface area contributed by atoms with Gasteiger partial charge >= 0.3 is 6.09 Å². The van der Waals surface area contributed by atoms with Gasteiger partial charge < -0.3 is 19.0 Å². The highest BCUT2D eigenvalue weighted by molar-refractivity contribution is 9.10. The zero-order chi connectivity index (χ0) is 23.7. The zero-order valence-corrected chi connectivity index (χ0v) is 22.7. The molecule has 0 spiro atoms. The van der Waals surface area contributed by atoms with Gasteiger partial charge in [0.05, 0.1) is 25.9 Å². The summed E-state index contributed by atoms with van der Waals surface area (Å²) in [5.41, 5.74) is -1.10. The van der Waals surface area contributed by atoms with Crippen molar-refractivity contribution in [1.29, 1.82) is 0 Å². The second kappa shape index (κ2) is 9.51. The number of hydrogen-bond donors (Lipinski definition) is 1. The van der Waals surface area contributed by atoms with E-state index in [1.807, 2.05) is 45.0 Å². The van der Waals surface area contributed by atoms with E-state index in [0.29, 0.717) is 6.61 Å². The molecule has 0 unspecified atom stereocenters. The third-order valence-corrected chi connectivity index (χ3v) is 10.9. The number of carbonyl (C=O) groups is 1. The van der Waals surface area contributed by atoms with Gasteiger partial charge in [0, 0.05) is 10.9 Å². The van der Waals surface area contributed by atoms with Crippen molar-refractivity contribution < 1.29 is 23.8 Å². The predicted molar refractivity (Wildman–Crippen MR) is 128 cm³/mol. The maximum atomic E-state index is 12.9. The molecule has 1 amide bonds.